The van der Waals surface area contributed by atoms with Crippen LogP contribution in [0.2, 0.25) is 5.02 Å². The summed E-state index contributed by atoms with van der Waals surface area (Å²) in [6.07, 6.45) is 1.47. The van der Waals surface area contributed by atoms with Crippen LogP contribution in [0.1, 0.15) is 17.5 Å². The van der Waals surface area contributed by atoms with Gasteiger partial charge in [-0.1, -0.05) is 23.7 Å². The van der Waals surface area contributed by atoms with Crippen molar-refractivity contribution in [1.29, 1.82) is 0 Å². The third-order valence-electron chi connectivity index (χ3n) is 3.27. The number of aryl methyl sites for hydroxylation is 2. The van der Waals surface area contributed by atoms with Gasteiger partial charge in [-0.15, -0.1) is 0 Å². The van der Waals surface area contributed by atoms with Gasteiger partial charge in [-0.3, -0.25) is 9.59 Å². The van der Waals surface area contributed by atoms with Gasteiger partial charge in [-0.25, -0.2) is 4.98 Å². The molecule has 2 aromatic rings. The molecule has 0 aliphatic heterocycles. The third kappa shape index (κ3) is 6.43. The molecule has 1 N–H and O–H groups in total. The number of rotatable bonds is 7. The number of pyridine rings is 1. The number of halogens is 1. The average Bonchev–Trinajstić information content (AvgIpc) is 2.58. The highest BCUT2D eigenvalue weighted by Gasteiger charge is 2.09. The van der Waals surface area contributed by atoms with Crippen LogP contribution in [0.25, 0.3) is 0 Å². The van der Waals surface area contributed by atoms with Gasteiger partial charge in [-0.05, 0) is 43.2 Å². The summed E-state index contributed by atoms with van der Waals surface area (Å²) in [5.74, 6) is 0.0891. The molecule has 1 aromatic carbocycles. The number of hydrogen-bond acceptors (Lipinski definition) is 5. The number of benzene rings is 1. The molecule has 0 aliphatic rings. The molecule has 0 unspecified atom stereocenters. The summed E-state index contributed by atoms with van der Waals surface area (Å²) < 4.78 is 10.5. The summed E-state index contributed by atoms with van der Waals surface area (Å²) in [4.78, 5) is 27.3. The van der Waals surface area contributed by atoms with Crippen LogP contribution in [-0.2, 0) is 14.3 Å². The first-order valence-corrected chi connectivity index (χ1v) is 8.09. The van der Waals surface area contributed by atoms with Gasteiger partial charge in [-0.2, -0.15) is 0 Å². The van der Waals surface area contributed by atoms with E-state index in [2.05, 4.69) is 10.3 Å². The lowest BCUT2D eigenvalue weighted by Crippen LogP contribution is -2.22. The van der Waals surface area contributed by atoms with Gasteiger partial charge < -0.3 is 14.8 Å². The first kappa shape index (κ1) is 18.7. The van der Waals surface area contributed by atoms with Crippen LogP contribution < -0.4 is 10.1 Å². The zero-order chi connectivity index (χ0) is 18.2. The van der Waals surface area contributed by atoms with Crippen molar-refractivity contribution < 1.29 is 19.1 Å². The van der Waals surface area contributed by atoms with Gasteiger partial charge in [0.15, 0.2) is 6.61 Å². The van der Waals surface area contributed by atoms with E-state index in [0.717, 1.165) is 16.9 Å². The Labute approximate surface area is 151 Å². The Morgan fingerprint density at radius 1 is 1.20 bits per heavy atom. The predicted molar refractivity (Wildman–Crippen MR) is 94.9 cm³/mol. The standard InChI is InChI=1S/C18H19ClN2O4/c1-12-3-4-13(2)15(9-12)24-8-7-18(23)25-11-17(22)21-16-6-5-14(19)10-20-16/h3-6,9-10H,7-8,11H2,1-2H3,(H,20,21,22). The maximum absolute atomic E-state index is 11.7. The highest BCUT2D eigenvalue weighted by atomic mass is 35.5. The van der Waals surface area contributed by atoms with Crippen LogP contribution in [0, 0.1) is 13.8 Å². The lowest BCUT2D eigenvalue weighted by atomic mass is 10.1. The second-order valence-corrected chi connectivity index (χ2v) is 5.87. The van der Waals surface area contributed by atoms with Crippen LogP contribution in [0.3, 0.4) is 0 Å². The Balaban J connectivity index is 1.69. The number of carbonyl (C=O) groups is 2. The molecule has 0 saturated heterocycles. The van der Waals surface area contributed by atoms with Crippen LogP contribution in [0.4, 0.5) is 5.82 Å². The molecule has 0 aliphatic carbocycles. The van der Waals surface area contributed by atoms with Crippen molar-refractivity contribution in [1.82, 2.24) is 4.98 Å². The third-order valence-corrected chi connectivity index (χ3v) is 3.49. The number of carbonyl (C=O) groups excluding carboxylic acids is 2. The summed E-state index contributed by atoms with van der Waals surface area (Å²) in [7, 11) is 0. The molecule has 0 fully saturated rings. The first-order valence-electron chi connectivity index (χ1n) is 7.71. The second kappa shape index (κ2) is 9.03. The van der Waals surface area contributed by atoms with E-state index in [0.29, 0.717) is 10.8 Å². The SMILES string of the molecule is Cc1ccc(C)c(OCCC(=O)OCC(=O)Nc2ccc(Cl)cn2)c1. The summed E-state index contributed by atoms with van der Waals surface area (Å²) in [6, 6.07) is 9.01. The van der Waals surface area contributed by atoms with Crippen LogP contribution in [0.5, 0.6) is 5.75 Å². The fraction of sp³-hybridized carbons (Fsp3) is 0.278. The minimum absolute atomic E-state index is 0.0554. The summed E-state index contributed by atoms with van der Waals surface area (Å²) in [5.41, 5.74) is 2.07. The van der Waals surface area contributed by atoms with E-state index in [1.54, 1.807) is 12.1 Å². The molecule has 0 radical (unpaired) electrons. The number of nitrogens with one attached hydrogen (secondary N) is 1. The molecule has 6 nitrogen and oxygen atoms in total. The predicted octanol–water partition coefficient (Wildman–Crippen LogP) is 3.30. The summed E-state index contributed by atoms with van der Waals surface area (Å²) >= 11 is 5.71. The van der Waals surface area contributed by atoms with Crippen LogP contribution in [0.15, 0.2) is 36.5 Å². The van der Waals surface area contributed by atoms with Crippen molar-refractivity contribution in [3.63, 3.8) is 0 Å². The van der Waals surface area contributed by atoms with E-state index >= 15 is 0 Å². The van der Waals surface area contributed by atoms with Crippen LogP contribution >= 0.6 is 11.6 Å². The lowest BCUT2D eigenvalue weighted by molar-refractivity contribution is -0.147. The molecule has 0 spiro atoms. The highest BCUT2D eigenvalue weighted by molar-refractivity contribution is 6.30. The normalized spacial score (nSPS) is 10.2. The van der Waals surface area contributed by atoms with E-state index in [9.17, 15) is 9.59 Å². The van der Waals surface area contributed by atoms with Gasteiger partial charge in [0.25, 0.3) is 5.91 Å². The number of aromatic nitrogens is 1. The van der Waals surface area contributed by atoms with E-state index in [1.807, 2.05) is 32.0 Å². The fourth-order valence-corrected chi connectivity index (χ4v) is 2.07. The van der Waals surface area contributed by atoms with Crippen molar-refractivity contribution in [2.45, 2.75) is 20.3 Å². The molecular weight excluding hydrogens is 344 g/mol. The van der Waals surface area contributed by atoms with Crippen molar-refractivity contribution in [3.05, 3.63) is 52.7 Å². The quantitative estimate of drug-likeness (QED) is 0.764. The minimum Gasteiger partial charge on any atom is -0.493 e. The van der Waals surface area contributed by atoms with Gasteiger partial charge in [0.1, 0.15) is 11.6 Å². The number of nitrogens with zero attached hydrogens (tertiary/aromatic N) is 1. The topological polar surface area (TPSA) is 77.5 Å². The maximum atomic E-state index is 11.7. The van der Waals surface area contributed by atoms with Crippen molar-refractivity contribution in [3.8, 4) is 5.75 Å². The molecule has 7 heteroatoms. The van der Waals surface area contributed by atoms with E-state index in [-0.39, 0.29) is 19.6 Å². The molecule has 25 heavy (non-hydrogen) atoms. The molecule has 0 atom stereocenters. The number of ether oxygens (including phenoxy) is 2. The highest BCUT2D eigenvalue weighted by Crippen LogP contribution is 2.19. The molecule has 1 amide bonds. The minimum atomic E-state index is -0.510. The number of esters is 1. The van der Waals surface area contributed by atoms with E-state index < -0.39 is 11.9 Å². The fourth-order valence-electron chi connectivity index (χ4n) is 1.95. The summed E-state index contributed by atoms with van der Waals surface area (Å²) in [5, 5.41) is 2.97. The Morgan fingerprint density at radius 3 is 2.72 bits per heavy atom. The van der Waals surface area contributed by atoms with Crippen LogP contribution in [-0.4, -0.2) is 30.1 Å². The molecular formula is C18H19ClN2O4. The second-order valence-electron chi connectivity index (χ2n) is 5.44. The molecule has 0 saturated carbocycles. The van der Waals surface area contributed by atoms with Gasteiger partial charge in [0, 0.05) is 6.20 Å². The monoisotopic (exact) mass is 362 g/mol. The Morgan fingerprint density at radius 2 is 2.00 bits per heavy atom. The van der Waals surface area contributed by atoms with Crippen molar-refractivity contribution in [2.24, 2.45) is 0 Å². The van der Waals surface area contributed by atoms with Crippen molar-refractivity contribution >= 4 is 29.3 Å². The molecule has 1 heterocycles. The Bertz CT molecular complexity index is 747. The molecule has 2 rings (SSSR count). The van der Waals surface area contributed by atoms with Crippen molar-refractivity contribution in [2.75, 3.05) is 18.5 Å². The lowest BCUT2D eigenvalue weighted by Gasteiger charge is -2.10. The van der Waals surface area contributed by atoms with Gasteiger partial charge >= 0.3 is 5.97 Å². The molecule has 132 valence electrons. The zero-order valence-electron chi connectivity index (χ0n) is 14.0. The number of anilines is 1. The molecule has 0 bridgehead atoms. The molecule has 1 aromatic heterocycles. The zero-order valence-corrected chi connectivity index (χ0v) is 14.8. The maximum Gasteiger partial charge on any atom is 0.309 e. The van der Waals surface area contributed by atoms with E-state index in [1.165, 1.54) is 6.20 Å². The summed E-state index contributed by atoms with van der Waals surface area (Å²) in [6.45, 7) is 3.70. The number of amides is 1. The Hall–Kier alpha value is -2.60. The van der Waals surface area contributed by atoms with Gasteiger partial charge in [0.2, 0.25) is 0 Å². The first-order chi connectivity index (χ1) is 11.9. The smallest absolute Gasteiger partial charge is 0.309 e. The number of hydrogen-bond donors (Lipinski definition) is 1. The van der Waals surface area contributed by atoms with E-state index in [4.69, 9.17) is 21.1 Å². The average molecular weight is 363 g/mol. The van der Waals surface area contributed by atoms with Gasteiger partial charge in [0.05, 0.1) is 18.1 Å². The largest absolute Gasteiger partial charge is 0.493 e. The Kier molecular flexibility index (Phi) is 6.77.